The first-order valence-corrected chi connectivity index (χ1v) is 7.12. The lowest BCUT2D eigenvalue weighted by Gasteiger charge is -2.08. The minimum Gasteiger partial charge on any atom is -0.508 e. The van der Waals surface area contributed by atoms with E-state index < -0.39 is 10.8 Å². The maximum absolute atomic E-state index is 11.8. The van der Waals surface area contributed by atoms with E-state index in [1.807, 2.05) is 0 Å². The molecule has 1 amide bonds. The number of phenolic OH excluding ortho intramolecular Hbond substituents is 1. The Morgan fingerprint density at radius 2 is 2.18 bits per heavy atom. The lowest BCUT2D eigenvalue weighted by Crippen LogP contribution is -2.26. The second-order valence-electron chi connectivity index (χ2n) is 3.84. The van der Waals surface area contributed by atoms with Gasteiger partial charge in [0.2, 0.25) is 0 Å². The summed E-state index contributed by atoms with van der Waals surface area (Å²) < 4.78 is 10.8. The first-order valence-electron chi connectivity index (χ1n) is 5.39. The summed E-state index contributed by atoms with van der Waals surface area (Å²) in [4.78, 5) is 11.8. The number of hydrogen-bond acceptors (Lipinski definition) is 3. The van der Waals surface area contributed by atoms with E-state index in [4.69, 9.17) is 0 Å². The molecule has 0 aliphatic carbocycles. The van der Waals surface area contributed by atoms with Gasteiger partial charge < -0.3 is 10.4 Å². The van der Waals surface area contributed by atoms with Gasteiger partial charge in [0, 0.05) is 40.5 Å². The lowest BCUT2D eigenvalue weighted by molar-refractivity contribution is 0.0952. The molecule has 17 heavy (non-hydrogen) atoms. The van der Waals surface area contributed by atoms with Crippen LogP contribution in [0.4, 0.5) is 0 Å². The summed E-state index contributed by atoms with van der Waals surface area (Å²) in [7, 11) is -0.824. The Hall–Kier alpha value is -1.36. The van der Waals surface area contributed by atoms with E-state index in [1.165, 1.54) is 0 Å². The van der Waals surface area contributed by atoms with Crippen LogP contribution in [0.2, 0.25) is 0 Å². The molecule has 1 rings (SSSR count). The van der Waals surface area contributed by atoms with Gasteiger partial charge in [-0.15, -0.1) is 0 Å². The number of nitrogens with one attached hydrogen (secondary N) is 1. The van der Waals surface area contributed by atoms with Gasteiger partial charge in [0.15, 0.2) is 0 Å². The fourth-order valence-corrected chi connectivity index (χ4v) is 1.99. The first-order chi connectivity index (χ1) is 8.02. The number of hydrogen-bond donors (Lipinski definition) is 2. The highest BCUT2D eigenvalue weighted by Gasteiger charge is 2.10. The SMILES string of the molecule is Cc1c(O)cccc1C(=O)NCCCS(C)=O. The minimum absolute atomic E-state index is 0.118. The molecular weight excluding hydrogens is 238 g/mol. The normalized spacial score (nSPS) is 12.1. The van der Waals surface area contributed by atoms with Crippen LogP contribution in [0, 0.1) is 6.92 Å². The van der Waals surface area contributed by atoms with Gasteiger partial charge in [0.05, 0.1) is 0 Å². The second-order valence-corrected chi connectivity index (χ2v) is 5.39. The van der Waals surface area contributed by atoms with Crippen LogP contribution in [-0.4, -0.2) is 33.8 Å². The maximum atomic E-state index is 11.8. The largest absolute Gasteiger partial charge is 0.508 e. The van der Waals surface area contributed by atoms with Crippen molar-refractivity contribution in [2.45, 2.75) is 13.3 Å². The van der Waals surface area contributed by atoms with Crippen LogP contribution in [0.5, 0.6) is 5.75 Å². The number of phenols is 1. The van der Waals surface area contributed by atoms with Gasteiger partial charge in [0.1, 0.15) is 5.75 Å². The highest BCUT2D eigenvalue weighted by molar-refractivity contribution is 7.84. The van der Waals surface area contributed by atoms with Crippen molar-refractivity contribution in [1.29, 1.82) is 0 Å². The molecule has 1 aromatic carbocycles. The Balaban J connectivity index is 2.53. The van der Waals surface area contributed by atoms with Crippen molar-refractivity contribution in [2.24, 2.45) is 0 Å². The zero-order chi connectivity index (χ0) is 12.8. The predicted octanol–water partition coefficient (Wildman–Crippen LogP) is 1.20. The van der Waals surface area contributed by atoms with Crippen molar-refractivity contribution in [3.05, 3.63) is 29.3 Å². The van der Waals surface area contributed by atoms with Crippen LogP contribution >= 0.6 is 0 Å². The quantitative estimate of drug-likeness (QED) is 0.777. The number of carbonyl (C=O) groups excluding carboxylic acids is 1. The van der Waals surface area contributed by atoms with Gasteiger partial charge in [-0.25, -0.2) is 0 Å². The van der Waals surface area contributed by atoms with E-state index in [1.54, 1.807) is 31.4 Å². The van der Waals surface area contributed by atoms with Crippen LogP contribution in [0.25, 0.3) is 0 Å². The molecule has 0 heterocycles. The number of amides is 1. The molecule has 1 aromatic rings. The van der Waals surface area contributed by atoms with Gasteiger partial charge in [-0.3, -0.25) is 9.00 Å². The average molecular weight is 255 g/mol. The van der Waals surface area contributed by atoms with Crippen molar-refractivity contribution < 1.29 is 14.1 Å². The van der Waals surface area contributed by atoms with Gasteiger partial charge in [-0.1, -0.05) is 6.07 Å². The van der Waals surface area contributed by atoms with E-state index in [0.717, 1.165) is 0 Å². The second kappa shape index (κ2) is 6.39. The fourth-order valence-electron chi connectivity index (χ4n) is 1.44. The van der Waals surface area contributed by atoms with Crippen molar-refractivity contribution in [3.8, 4) is 5.75 Å². The summed E-state index contributed by atoms with van der Waals surface area (Å²) in [6, 6.07) is 4.85. The molecule has 0 aromatic heterocycles. The van der Waals surface area contributed by atoms with Crippen LogP contribution < -0.4 is 5.32 Å². The minimum atomic E-state index is -0.824. The topological polar surface area (TPSA) is 66.4 Å². The molecule has 2 N–H and O–H groups in total. The fraction of sp³-hybridized carbons (Fsp3) is 0.417. The molecule has 0 saturated heterocycles. The molecule has 4 nitrogen and oxygen atoms in total. The molecule has 0 fully saturated rings. The zero-order valence-electron chi connectivity index (χ0n) is 10.0. The molecule has 0 saturated carbocycles. The molecular formula is C12H17NO3S. The number of rotatable bonds is 5. The van der Waals surface area contributed by atoms with Gasteiger partial charge in [0.25, 0.3) is 5.91 Å². The Morgan fingerprint density at radius 1 is 1.47 bits per heavy atom. The summed E-state index contributed by atoms with van der Waals surface area (Å²) in [5.41, 5.74) is 1.05. The number of aromatic hydroxyl groups is 1. The third kappa shape index (κ3) is 4.19. The van der Waals surface area contributed by atoms with E-state index >= 15 is 0 Å². The maximum Gasteiger partial charge on any atom is 0.251 e. The monoisotopic (exact) mass is 255 g/mol. The summed E-state index contributed by atoms with van der Waals surface area (Å²) >= 11 is 0. The van der Waals surface area contributed by atoms with E-state index in [-0.39, 0.29) is 11.7 Å². The standard InChI is InChI=1S/C12H17NO3S/c1-9-10(5-3-6-11(9)14)12(15)13-7-4-8-17(2)16/h3,5-6,14H,4,7-8H2,1-2H3,(H,13,15). The highest BCUT2D eigenvalue weighted by atomic mass is 32.2. The predicted molar refractivity (Wildman–Crippen MR) is 68.7 cm³/mol. The molecule has 5 heteroatoms. The molecule has 0 aliphatic rings. The smallest absolute Gasteiger partial charge is 0.251 e. The Morgan fingerprint density at radius 3 is 2.82 bits per heavy atom. The van der Waals surface area contributed by atoms with Crippen molar-refractivity contribution in [3.63, 3.8) is 0 Å². The molecule has 0 aliphatic heterocycles. The number of carbonyl (C=O) groups is 1. The van der Waals surface area contributed by atoms with Crippen molar-refractivity contribution in [1.82, 2.24) is 5.32 Å². The van der Waals surface area contributed by atoms with Gasteiger partial charge in [-0.2, -0.15) is 0 Å². The summed E-state index contributed by atoms with van der Waals surface area (Å²) in [6.07, 6.45) is 2.33. The number of benzene rings is 1. The van der Waals surface area contributed by atoms with Crippen molar-refractivity contribution in [2.75, 3.05) is 18.6 Å². The average Bonchev–Trinajstić information content (AvgIpc) is 2.27. The molecule has 0 spiro atoms. The first kappa shape index (κ1) is 13.7. The Bertz CT molecular complexity index is 432. The summed E-state index contributed by atoms with van der Waals surface area (Å²) in [5, 5.41) is 12.2. The molecule has 94 valence electrons. The van der Waals surface area contributed by atoms with Crippen LogP contribution in [0.15, 0.2) is 18.2 Å². The summed E-state index contributed by atoms with van der Waals surface area (Å²) in [5.74, 6) is 0.492. The van der Waals surface area contributed by atoms with Gasteiger partial charge >= 0.3 is 0 Å². The molecule has 0 radical (unpaired) electrons. The highest BCUT2D eigenvalue weighted by Crippen LogP contribution is 2.19. The zero-order valence-corrected chi connectivity index (χ0v) is 10.8. The van der Waals surface area contributed by atoms with Crippen LogP contribution in [0.1, 0.15) is 22.3 Å². The molecule has 1 unspecified atom stereocenters. The van der Waals surface area contributed by atoms with Crippen molar-refractivity contribution >= 4 is 16.7 Å². The molecule has 1 atom stereocenters. The van der Waals surface area contributed by atoms with Crippen LogP contribution in [0.3, 0.4) is 0 Å². The lowest BCUT2D eigenvalue weighted by atomic mass is 10.1. The third-order valence-electron chi connectivity index (χ3n) is 2.44. The van der Waals surface area contributed by atoms with E-state index in [2.05, 4.69) is 5.32 Å². The van der Waals surface area contributed by atoms with Crippen LogP contribution in [-0.2, 0) is 10.8 Å². The third-order valence-corrected chi connectivity index (χ3v) is 3.31. The Kier molecular flexibility index (Phi) is 5.15. The molecule has 0 bridgehead atoms. The van der Waals surface area contributed by atoms with E-state index in [0.29, 0.717) is 29.8 Å². The summed E-state index contributed by atoms with van der Waals surface area (Å²) in [6.45, 7) is 2.19. The Labute approximate surface area is 104 Å². The van der Waals surface area contributed by atoms with E-state index in [9.17, 15) is 14.1 Å². The van der Waals surface area contributed by atoms with Gasteiger partial charge in [-0.05, 0) is 25.5 Å².